The zero-order valence-corrected chi connectivity index (χ0v) is 8.85. The molecule has 0 aliphatic carbocycles. The van der Waals surface area contributed by atoms with Crippen molar-refractivity contribution in [1.82, 2.24) is 9.55 Å². The van der Waals surface area contributed by atoms with Crippen LogP contribution in [0.3, 0.4) is 0 Å². The molecule has 0 saturated heterocycles. The van der Waals surface area contributed by atoms with Crippen molar-refractivity contribution in [2.75, 3.05) is 0 Å². The maximum Gasteiger partial charge on any atom is 0.139 e. The molecule has 1 heterocycles. The van der Waals surface area contributed by atoms with Crippen molar-refractivity contribution in [2.24, 2.45) is 7.05 Å². The van der Waals surface area contributed by atoms with E-state index in [0.29, 0.717) is 0 Å². The number of hydrogen-bond donors (Lipinski definition) is 0. The highest BCUT2D eigenvalue weighted by Crippen LogP contribution is 2.17. The molecule has 2 rings (SSSR count). The molecule has 0 spiro atoms. The van der Waals surface area contributed by atoms with Crippen LogP contribution < -0.4 is 0 Å². The second kappa shape index (κ2) is 4.13. The first kappa shape index (κ1) is 9.71. The molecule has 0 N–H and O–H groups in total. The molecule has 0 aliphatic rings. The van der Waals surface area contributed by atoms with E-state index in [4.69, 9.17) is 0 Å². The number of aromatic nitrogens is 2. The van der Waals surface area contributed by atoms with Gasteiger partial charge in [0.15, 0.2) is 0 Å². The Morgan fingerprint density at radius 2 is 2.07 bits per heavy atom. The van der Waals surface area contributed by atoms with Crippen molar-refractivity contribution in [3.05, 3.63) is 54.9 Å². The zero-order chi connectivity index (χ0) is 10.7. The van der Waals surface area contributed by atoms with Crippen LogP contribution in [0.5, 0.6) is 0 Å². The molecule has 2 heteroatoms. The first-order chi connectivity index (χ1) is 7.31. The second-order valence-electron chi connectivity index (χ2n) is 3.53. The third kappa shape index (κ3) is 1.99. The van der Waals surface area contributed by atoms with Crippen LogP contribution >= 0.6 is 0 Å². The van der Waals surface area contributed by atoms with Crippen LogP contribution in [0.15, 0.2) is 49.2 Å². The number of hydrogen-bond acceptors (Lipinski definition) is 1. The van der Waals surface area contributed by atoms with E-state index in [0.717, 1.165) is 23.5 Å². The van der Waals surface area contributed by atoms with Crippen LogP contribution in [0.25, 0.3) is 11.4 Å². The Balaban J connectivity index is 2.40. The fourth-order valence-electron chi connectivity index (χ4n) is 1.63. The maximum absolute atomic E-state index is 4.56. The Kier molecular flexibility index (Phi) is 2.68. The molecular formula is C13H14N2. The van der Waals surface area contributed by atoms with Gasteiger partial charge in [-0.15, -0.1) is 6.58 Å². The topological polar surface area (TPSA) is 17.8 Å². The molecule has 15 heavy (non-hydrogen) atoms. The summed E-state index contributed by atoms with van der Waals surface area (Å²) in [6.07, 6.45) is 4.74. The summed E-state index contributed by atoms with van der Waals surface area (Å²) in [5, 5.41) is 0. The highest BCUT2D eigenvalue weighted by molar-refractivity contribution is 5.55. The minimum atomic E-state index is 0.820. The summed E-state index contributed by atoms with van der Waals surface area (Å²) in [5.41, 5.74) is 2.21. The number of allylic oxidation sites excluding steroid dienone is 1. The normalized spacial score (nSPS) is 10.2. The quantitative estimate of drug-likeness (QED) is 0.693. The van der Waals surface area contributed by atoms with Gasteiger partial charge in [0.2, 0.25) is 0 Å². The van der Waals surface area contributed by atoms with Crippen LogP contribution in [0.2, 0.25) is 0 Å². The van der Waals surface area contributed by atoms with E-state index >= 15 is 0 Å². The monoisotopic (exact) mass is 198 g/mol. The van der Waals surface area contributed by atoms with Gasteiger partial charge in [-0.3, -0.25) is 0 Å². The third-order valence-electron chi connectivity index (χ3n) is 2.31. The largest absolute Gasteiger partial charge is 0.334 e. The average Bonchev–Trinajstić information content (AvgIpc) is 2.61. The minimum Gasteiger partial charge on any atom is -0.334 e. The maximum atomic E-state index is 4.56. The summed E-state index contributed by atoms with van der Waals surface area (Å²) >= 11 is 0. The standard InChI is InChI=1S/C13H14N2/c1-3-7-12-10-15(2)13(14-12)11-8-5-4-6-9-11/h3-6,8-10H,1,7H2,2H3. The number of nitrogens with zero attached hydrogens (tertiary/aromatic N) is 2. The molecular weight excluding hydrogens is 184 g/mol. The molecule has 0 fully saturated rings. The fraction of sp³-hybridized carbons (Fsp3) is 0.154. The summed E-state index contributed by atoms with van der Waals surface area (Å²) in [6.45, 7) is 3.72. The third-order valence-corrected chi connectivity index (χ3v) is 2.31. The molecule has 0 radical (unpaired) electrons. The van der Waals surface area contributed by atoms with Crippen LogP contribution in [0.1, 0.15) is 5.69 Å². The van der Waals surface area contributed by atoms with Gasteiger partial charge in [0, 0.05) is 25.2 Å². The molecule has 1 aromatic carbocycles. The van der Waals surface area contributed by atoms with Gasteiger partial charge in [-0.1, -0.05) is 36.4 Å². The van der Waals surface area contributed by atoms with Crippen LogP contribution in [-0.2, 0) is 13.5 Å². The number of aryl methyl sites for hydroxylation is 1. The van der Waals surface area contributed by atoms with Crippen LogP contribution in [0, 0.1) is 0 Å². The van der Waals surface area contributed by atoms with E-state index in [1.54, 1.807) is 0 Å². The predicted octanol–water partition coefficient (Wildman–Crippen LogP) is 2.82. The molecule has 2 aromatic rings. The highest BCUT2D eigenvalue weighted by Gasteiger charge is 2.05. The molecule has 0 unspecified atom stereocenters. The molecule has 0 aliphatic heterocycles. The van der Waals surface area contributed by atoms with Crippen LogP contribution in [0.4, 0.5) is 0 Å². The second-order valence-corrected chi connectivity index (χ2v) is 3.53. The first-order valence-electron chi connectivity index (χ1n) is 5.00. The van der Waals surface area contributed by atoms with E-state index in [-0.39, 0.29) is 0 Å². The van der Waals surface area contributed by atoms with E-state index in [9.17, 15) is 0 Å². The molecule has 0 saturated carbocycles. The number of rotatable bonds is 3. The molecule has 0 bridgehead atoms. The van der Waals surface area contributed by atoms with Gasteiger partial charge in [-0.25, -0.2) is 4.98 Å². The lowest BCUT2D eigenvalue weighted by atomic mass is 10.2. The lowest BCUT2D eigenvalue weighted by Crippen LogP contribution is -1.90. The molecule has 0 amide bonds. The Morgan fingerprint density at radius 1 is 1.33 bits per heavy atom. The van der Waals surface area contributed by atoms with Gasteiger partial charge in [-0.05, 0) is 0 Å². The Morgan fingerprint density at radius 3 is 2.73 bits per heavy atom. The highest BCUT2D eigenvalue weighted by atomic mass is 15.0. The van der Waals surface area contributed by atoms with Crippen molar-refractivity contribution in [3.63, 3.8) is 0 Å². The van der Waals surface area contributed by atoms with Crippen molar-refractivity contribution in [3.8, 4) is 11.4 Å². The Labute approximate surface area is 89.9 Å². The van der Waals surface area contributed by atoms with Crippen molar-refractivity contribution >= 4 is 0 Å². The number of benzene rings is 1. The number of imidazole rings is 1. The summed E-state index contributed by atoms with van der Waals surface area (Å²) < 4.78 is 2.05. The van der Waals surface area contributed by atoms with Gasteiger partial charge >= 0.3 is 0 Å². The van der Waals surface area contributed by atoms with E-state index in [1.165, 1.54) is 0 Å². The fourth-order valence-corrected chi connectivity index (χ4v) is 1.63. The summed E-state index contributed by atoms with van der Waals surface area (Å²) in [7, 11) is 2.02. The van der Waals surface area contributed by atoms with Crippen LogP contribution in [-0.4, -0.2) is 9.55 Å². The van der Waals surface area contributed by atoms with Crippen molar-refractivity contribution in [2.45, 2.75) is 6.42 Å². The summed E-state index contributed by atoms with van der Waals surface area (Å²) in [4.78, 5) is 4.56. The summed E-state index contributed by atoms with van der Waals surface area (Å²) in [5.74, 6) is 1.01. The zero-order valence-electron chi connectivity index (χ0n) is 8.85. The Hall–Kier alpha value is -1.83. The molecule has 76 valence electrons. The van der Waals surface area contributed by atoms with Crippen molar-refractivity contribution in [1.29, 1.82) is 0 Å². The van der Waals surface area contributed by atoms with Gasteiger partial charge < -0.3 is 4.57 Å². The molecule has 0 atom stereocenters. The van der Waals surface area contributed by atoms with Gasteiger partial charge in [0.1, 0.15) is 5.82 Å². The van der Waals surface area contributed by atoms with E-state index < -0.39 is 0 Å². The lowest BCUT2D eigenvalue weighted by Gasteiger charge is -1.99. The first-order valence-corrected chi connectivity index (χ1v) is 5.00. The minimum absolute atomic E-state index is 0.820. The predicted molar refractivity (Wildman–Crippen MR) is 62.5 cm³/mol. The van der Waals surface area contributed by atoms with Gasteiger partial charge in [0.05, 0.1) is 5.69 Å². The van der Waals surface area contributed by atoms with Gasteiger partial charge in [-0.2, -0.15) is 0 Å². The molecule has 1 aromatic heterocycles. The SMILES string of the molecule is C=CCc1cn(C)c(-c2ccccc2)n1. The molecule has 2 nitrogen and oxygen atoms in total. The van der Waals surface area contributed by atoms with E-state index in [1.807, 2.05) is 42.1 Å². The van der Waals surface area contributed by atoms with Gasteiger partial charge in [0.25, 0.3) is 0 Å². The smallest absolute Gasteiger partial charge is 0.139 e. The lowest BCUT2D eigenvalue weighted by molar-refractivity contribution is 0.923. The van der Waals surface area contributed by atoms with Crippen molar-refractivity contribution < 1.29 is 0 Å². The Bertz CT molecular complexity index is 455. The average molecular weight is 198 g/mol. The van der Waals surface area contributed by atoms with E-state index in [2.05, 4.69) is 23.7 Å². The summed E-state index contributed by atoms with van der Waals surface area (Å²) in [6, 6.07) is 10.2.